The summed E-state index contributed by atoms with van der Waals surface area (Å²) in [6.45, 7) is 5.58. The third-order valence-corrected chi connectivity index (χ3v) is 3.03. The minimum Gasteiger partial charge on any atom is -0.369 e. The van der Waals surface area contributed by atoms with Gasteiger partial charge in [-0.3, -0.25) is 4.79 Å². The molecule has 1 heterocycles. The summed E-state index contributed by atoms with van der Waals surface area (Å²) in [5.41, 5.74) is 0.599. The Morgan fingerprint density at radius 1 is 1.47 bits per heavy atom. The van der Waals surface area contributed by atoms with Crippen molar-refractivity contribution in [3.05, 3.63) is 23.9 Å². The highest BCUT2D eigenvalue weighted by molar-refractivity contribution is 5.98. The maximum absolute atomic E-state index is 12.1. The van der Waals surface area contributed by atoms with E-state index in [4.69, 9.17) is 0 Å². The number of aromatic nitrogens is 1. The number of nitrogens with one attached hydrogen (secondary N) is 2. The van der Waals surface area contributed by atoms with E-state index >= 15 is 0 Å². The summed E-state index contributed by atoms with van der Waals surface area (Å²) in [5.74, 6) is 0.569. The molecule has 0 aliphatic carbocycles. The summed E-state index contributed by atoms with van der Waals surface area (Å²) < 4.78 is 0. The molecule has 1 rings (SSSR count). The highest BCUT2D eigenvalue weighted by Crippen LogP contribution is 2.11. The summed E-state index contributed by atoms with van der Waals surface area (Å²) in [4.78, 5) is 18.4. The minimum absolute atomic E-state index is 0.0830. The molecule has 5 heteroatoms. The lowest BCUT2D eigenvalue weighted by Gasteiger charge is -2.20. The van der Waals surface area contributed by atoms with Gasteiger partial charge in [-0.05, 0) is 39.6 Å². The van der Waals surface area contributed by atoms with E-state index in [0.717, 1.165) is 13.0 Å². The van der Waals surface area contributed by atoms with E-state index in [0.29, 0.717) is 24.0 Å². The lowest BCUT2D eigenvalue weighted by Crippen LogP contribution is -2.38. The van der Waals surface area contributed by atoms with Crippen molar-refractivity contribution in [2.75, 3.05) is 32.5 Å². The number of hydrogen-bond acceptors (Lipinski definition) is 4. The summed E-state index contributed by atoms with van der Waals surface area (Å²) in [5, 5.41) is 6.11. The molecule has 1 aromatic rings. The van der Waals surface area contributed by atoms with Gasteiger partial charge in [0, 0.05) is 25.3 Å². The predicted molar refractivity (Wildman–Crippen MR) is 78.5 cm³/mol. The fourth-order valence-corrected chi connectivity index (χ4v) is 1.49. The number of carbonyl (C=O) groups is 1. The van der Waals surface area contributed by atoms with Gasteiger partial charge in [-0.25, -0.2) is 4.98 Å². The topological polar surface area (TPSA) is 57.3 Å². The summed E-state index contributed by atoms with van der Waals surface area (Å²) in [6, 6.07) is 3.87. The fourth-order valence-electron chi connectivity index (χ4n) is 1.49. The van der Waals surface area contributed by atoms with E-state index in [1.54, 1.807) is 18.3 Å². The summed E-state index contributed by atoms with van der Waals surface area (Å²) in [6.07, 6.45) is 2.69. The molecule has 0 fully saturated rings. The molecule has 0 bridgehead atoms. The predicted octanol–water partition coefficient (Wildman–Crippen LogP) is 1.58. The Morgan fingerprint density at radius 2 is 2.21 bits per heavy atom. The zero-order valence-electron chi connectivity index (χ0n) is 12.2. The standard InChI is InChI=1S/C14H24N4O/c1-5-8-15-13-12(7-6-9-16-13)14(19)17-10-11(2)18(3)4/h6-7,9,11H,5,8,10H2,1-4H3,(H,15,16)(H,17,19). The molecule has 0 spiro atoms. The Morgan fingerprint density at radius 3 is 2.84 bits per heavy atom. The Bertz CT molecular complexity index is 406. The maximum atomic E-state index is 12.1. The second kappa shape index (κ2) is 7.74. The van der Waals surface area contributed by atoms with E-state index in [2.05, 4.69) is 34.4 Å². The number of likely N-dealkylation sites (N-methyl/N-ethyl adjacent to an activating group) is 1. The molecule has 19 heavy (non-hydrogen) atoms. The van der Waals surface area contributed by atoms with E-state index < -0.39 is 0 Å². The van der Waals surface area contributed by atoms with E-state index in [1.165, 1.54) is 0 Å². The molecule has 1 aromatic heterocycles. The number of hydrogen-bond donors (Lipinski definition) is 2. The molecule has 0 saturated carbocycles. The van der Waals surface area contributed by atoms with Gasteiger partial charge in [-0.15, -0.1) is 0 Å². The molecule has 1 unspecified atom stereocenters. The highest BCUT2D eigenvalue weighted by Gasteiger charge is 2.13. The second-order valence-corrected chi connectivity index (χ2v) is 4.85. The monoisotopic (exact) mass is 264 g/mol. The van der Waals surface area contributed by atoms with Crippen LogP contribution in [0, 0.1) is 0 Å². The van der Waals surface area contributed by atoms with Gasteiger partial charge in [-0.2, -0.15) is 0 Å². The van der Waals surface area contributed by atoms with Crippen LogP contribution in [0.25, 0.3) is 0 Å². The molecule has 0 radical (unpaired) electrons. The van der Waals surface area contributed by atoms with Gasteiger partial charge in [0.05, 0.1) is 5.56 Å². The van der Waals surface area contributed by atoms with Crippen molar-refractivity contribution in [1.82, 2.24) is 15.2 Å². The molecule has 0 aromatic carbocycles. The van der Waals surface area contributed by atoms with Crippen LogP contribution < -0.4 is 10.6 Å². The van der Waals surface area contributed by atoms with Gasteiger partial charge >= 0.3 is 0 Å². The molecule has 1 atom stereocenters. The molecule has 0 aliphatic rings. The minimum atomic E-state index is -0.0830. The van der Waals surface area contributed by atoms with Gasteiger partial charge in [-0.1, -0.05) is 6.92 Å². The quantitative estimate of drug-likeness (QED) is 0.785. The third-order valence-electron chi connectivity index (χ3n) is 3.03. The number of pyridine rings is 1. The Labute approximate surface area is 115 Å². The van der Waals surface area contributed by atoms with Crippen molar-refractivity contribution in [2.24, 2.45) is 0 Å². The fraction of sp³-hybridized carbons (Fsp3) is 0.571. The van der Waals surface area contributed by atoms with Crippen molar-refractivity contribution in [3.8, 4) is 0 Å². The first-order chi connectivity index (χ1) is 9.06. The van der Waals surface area contributed by atoms with Crippen LogP contribution in [0.1, 0.15) is 30.6 Å². The van der Waals surface area contributed by atoms with Crippen molar-refractivity contribution in [2.45, 2.75) is 26.3 Å². The smallest absolute Gasteiger partial charge is 0.255 e. The average molecular weight is 264 g/mol. The highest BCUT2D eigenvalue weighted by atomic mass is 16.1. The maximum Gasteiger partial charge on any atom is 0.255 e. The van der Waals surface area contributed by atoms with Gasteiger partial charge < -0.3 is 15.5 Å². The molecule has 106 valence electrons. The van der Waals surface area contributed by atoms with Crippen molar-refractivity contribution in [3.63, 3.8) is 0 Å². The molecule has 0 saturated heterocycles. The van der Waals surface area contributed by atoms with E-state index in [9.17, 15) is 4.79 Å². The molecule has 1 amide bonds. The van der Waals surface area contributed by atoms with E-state index in [1.807, 2.05) is 14.1 Å². The first kappa shape index (κ1) is 15.4. The first-order valence-electron chi connectivity index (χ1n) is 6.69. The Hall–Kier alpha value is -1.62. The van der Waals surface area contributed by atoms with Crippen LogP contribution in [0.5, 0.6) is 0 Å². The van der Waals surface area contributed by atoms with E-state index in [-0.39, 0.29) is 5.91 Å². The lowest BCUT2D eigenvalue weighted by molar-refractivity contribution is 0.0944. The number of rotatable bonds is 7. The van der Waals surface area contributed by atoms with Crippen molar-refractivity contribution < 1.29 is 4.79 Å². The van der Waals surface area contributed by atoms with Crippen molar-refractivity contribution >= 4 is 11.7 Å². The molecule has 5 nitrogen and oxygen atoms in total. The SMILES string of the molecule is CCCNc1ncccc1C(=O)NCC(C)N(C)C. The van der Waals surface area contributed by atoms with Crippen LogP contribution in [-0.4, -0.2) is 49.0 Å². The van der Waals surface area contributed by atoms with Crippen LogP contribution in [-0.2, 0) is 0 Å². The Balaban J connectivity index is 2.65. The number of nitrogens with zero attached hydrogens (tertiary/aromatic N) is 2. The number of carbonyl (C=O) groups excluding carboxylic acids is 1. The first-order valence-corrected chi connectivity index (χ1v) is 6.69. The molecule has 2 N–H and O–H groups in total. The van der Waals surface area contributed by atoms with Crippen LogP contribution in [0.2, 0.25) is 0 Å². The van der Waals surface area contributed by atoms with Gasteiger partial charge in [0.2, 0.25) is 0 Å². The Kier molecular flexibility index (Phi) is 6.29. The average Bonchev–Trinajstić information content (AvgIpc) is 2.42. The van der Waals surface area contributed by atoms with Crippen LogP contribution in [0.3, 0.4) is 0 Å². The van der Waals surface area contributed by atoms with Crippen molar-refractivity contribution in [1.29, 1.82) is 0 Å². The largest absolute Gasteiger partial charge is 0.369 e. The lowest BCUT2D eigenvalue weighted by atomic mass is 10.2. The van der Waals surface area contributed by atoms with Gasteiger partial charge in [0.25, 0.3) is 5.91 Å². The normalized spacial score (nSPS) is 12.3. The van der Waals surface area contributed by atoms with Crippen LogP contribution in [0.4, 0.5) is 5.82 Å². The molecular weight excluding hydrogens is 240 g/mol. The van der Waals surface area contributed by atoms with Crippen LogP contribution >= 0.6 is 0 Å². The third kappa shape index (κ3) is 4.87. The zero-order chi connectivity index (χ0) is 14.3. The second-order valence-electron chi connectivity index (χ2n) is 4.85. The van der Waals surface area contributed by atoms with Gasteiger partial charge in [0.15, 0.2) is 0 Å². The number of anilines is 1. The van der Waals surface area contributed by atoms with Crippen LogP contribution in [0.15, 0.2) is 18.3 Å². The zero-order valence-corrected chi connectivity index (χ0v) is 12.2. The summed E-state index contributed by atoms with van der Waals surface area (Å²) >= 11 is 0. The number of amides is 1. The summed E-state index contributed by atoms with van der Waals surface area (Å²) in [7, 11) is 3.99. The molecule has 0 aliphatic heterocycles. The van der Waals surface area contributed by atoms with Gasteiger partial charge in [0.1, 0.15) is 5.82 Å². The molecular formula is C14H24N4O.